The molecule has 1 heterocycles. The second-order valence-corrected chi connectivity index (χ2v) is 6.92. The third-order valence-electron chi connectivity index (χ3n) is 5.47. The standard InChI is InChI=1S/C16H32N2/c1-3-5-14-8-10-18(11-9-14)16(2,13-17)12-15-6-4-7-15/h14-15H,3-13,17H2,1-2H3. The normalized spacial score (nSPS) is 26.8. The average Bonchev–Trinajstić information content (AvgIpc) is 2.35. The Labute approximate surface area is 113 Å². The Morgan fingerprint density at radius 3 is 2.22 bits per heavy atom. The van der Waals surface area contributed by atoms with Gasteiger partial charge in [0.25, 0.3) is 0 Å². The number of piperidine rings is 1. The average molecular weight is 252 g/mol. The lowest BCUT2D eigenvalue weighted by Crippen LogP contribution is -2.55. The SMILES string of the molecule is CCCC1CCN(C(C)(CN)CC2CCC2)CC1. The first-order valence-electron chi connectivity index (χ1n) is 8.13. The maximum atomic E-state index is 6.12. The monoisotopic (exact) mass is 252 g/mol. The van der Waals surface area contributed by atoms with Crippen LogP contribution in [0.5, 0.6) is 0 Å². The maximum Gasteiger partial charge on any atom is 0.0306 e. The van der Waals surface area contributed by atoms with Crippen molar-refractivity contribution in [2.75, 3.05) is 19.6 Å². The van der Waals surface area contributed by atoms with Gasteiger partial charge in [-0.3, -0.25) is 4.90 Å². The van der Waals surface area contributed by atoms with Crippen molar-refractivity contribution in [3.63, 3.8) is 0 Å². The molecule has 1 aliphatic heterocycles. The van der Waals surface area contributed by atoms with Crippen LogP contribution in [-0.4, -0.2) is 30.1 Å². The topological polar surface area (TPSA) is 29.3 Å². The number of hydrogen-bond acceptors (Lipinski definition) is 2. The largest absolute Gasteiger partial charge is 0.329 e. The molecule has 1 aliphatic carbocycles. The molecule has 0 aromatic rings. The molecule has 106 valence electrons. The van der Waals surface area contributed by atoms with Crippen molar-refractivity contribution in [3.05, 3.63) is 0 Å². The molecular formula is C16H32N2. The molecule has 0 amide bonds. The van der Waals surface area contributed by atoms with E-state index in [0.717, 1.165) is 18.4 Å². The van der Waals surface area contributed by atoms with Crippen molar-refractivity contribution in [2.45, 2.75) is 70.8 Å². The van der Waals surface area contributed by atoms with E-state index in [9.17, 15) is 0 Å². The van der Waals surface area contributed by atoms with Crippen LogP contribution in [0.1, 0.15) is 65.2 Å². The molecule has 1 unspecified atom stereocenters. The van der Waals surface area contributed by atoms with E-state index in [1.54, 1.807) is 0 Å². The molecule has 2 N–H and O–H groups in total. The van der Waals surface area contributed by atoms with Crippen LogP contribution in [0, 0.1) is 11.8 Å². The lowest BCUT2D eigenvalue weighted by atomic mass is 9.75. The fourth-order valence-corrected chi connectivity index (χ4v) is 3.83. The Hall–Kier alpha value is -0.0800. The molecule has 2 aliphatic rings. The summed E-state index contributed by atoms with van der Waals surface area (Å²) in [7, 11) is 0. The fourth-order valence-electron chi connectivity index (χ4n) is 3.83. The lowest BCUT2D eigenvalue weighted by molar-refractivity contribution is 0.0364. The Kier molecular flexibility index (Phi) is 5.08. The van der Waals surface area contributed by atoms with Crippen LogP contribution < -0.4 is 5.73 Å². The summed E-state index contributed by atoms with van der Waals surface area (Å²) in [6.45, 7) is 8.12. The van der Waals surface area contributed by atoms with Gasteiger partial charge in [-0.25, -0.2) is 0 Å². The van der Waals surface area contributed by atoms with Crippen LogP contribution >= 0.6 is 0 Å². The van der Waals surface area contributed by atoms with Crippen LogP contribution in [0.15, 0.2) is 0 Å². The molecule has 2 rings (SSSR count). The zero-order valence-electron chi connectivity index (χ0n) is 12.5. The molecule has 0 aromatic carbocycles. The van der Waals surface area contributed by atoms with E-state index in [0.29, 0.717) is 0 Å². The zero-order valence-corrected chi connectivity index (χ0v) is 12.5. The molecule has 2 heteroatoms. The second kappa shape index (κ2) is 6.38. The molecule has 0 spiro atoms. The van der Waals surface area contributed by atoms with Gasteiger partial charge in [0.05, 0.1) is 0 Å². The summed E-state index contributed by atoms with van der Waals surface area (Å²) in [6, 6.07) is 0. The van der Waals surface area contributed by atoms with Crippen molar-refractivity contribution >= 4 is 0 Å². The summed E-state index contributed by atoms with van der Waals surface area (Å²) in [4.78, 5) is 2.71. The van der Waals surface area contributed by atoms with Crippen molar-refractivity contribution in [3.8, 4) is 0 Å². The van der Waals surface area contributed by atoms with Crippen molar-refractivity contribution in [1.29, 1.82) is 0 Å². The molecule has 2 fully saturated rings. The van der Waals surface area contributed by atoms with Gasteiger partial charge in [-0.05, 0) is 51.1 Å². The first-order chi connectivity index (χ1) is 8.68. The summed E-state index contributed by atoms with van der Waals surface area (Å²) < 4.78 is 0. The number of rotatable bonds is 6. The molecule has 0 aromatic heterocycles. The fraction of sp³-hybridized carbons (Fsp3) is 1.00. The van der Waals surface area contributed by atoms with Gasteiger partial charge in [-0.15, -0.1) is 0 Å². The first kappa shape index (κ1) is 14.3. The van der Waals surface area contributed by atoms with Gasteiger partial charge in [0.2, 0.25) is 0 Å². The van der Waals surface area contributed by atoms with Gasteiger partial charge in [-0.1, -0.05) is 39.0 Å². The van der Waals surface area contributed by atoms with E-state index in [2.05, 4.69) is 18.7 Å². The van der Waals surface area contributed by atoms with Crippen LogP contribution in [-0.2, 0) is 0 Å². The van der Waals surface area contributed by atoms with E-state index >= 15 is 0 Å². The highest BCUT2D eigenvalue weighted by molar-refractivity contribution is 4.93. The van der Waals surface area contributed by atoms with Crippen LogP contribution in [0.3, 0.4) is 0 Å². The quantitative estimate of drug-likeness (QED) is 0.785. The van der Waals surface area contributed by atoms with E-state index in [1.165, 1.54) is 64.5 Å². The first-order valence-corrected chi connectivity index (χ1v) is 8.13. The lowest BCUT2D eigenvalue weighted by Gasteiger charge is -2.47. The highest BCUT2D eigenvalue weighted by Gasteiger charge is 2.36. The summed E-state index contributed by atoms with van der Waals surface area (Å²) in [6.07, 6.45) is 11.2. The Bertz CT molecular complexity index is 241. The molecule has 1 saturated heterocycles. The summed E-state index contributed by atoms with van der Waals surface area (Å²) in [5.74, 6) is 1.95. The zero-order chi connectivity index (χ0) is 13.0. The maximum absolute atomic E-state index is 6.12. The predicted molar refractivity (Wildman–Crippen MR) is 78.6 cm³/mol. The third-order valence-corrected chi connectivity index (χ3v) is 5.47. The van der Waals surface area contributed by atoms with Crippen LogP contribution in [0.4, 0.5) is 0 Å². The predicted octanol–water partition coefficient (Wildman–Crippen LogP) is 3.41. The van der Waals surface area contributed by atoms with E-state index in [-0.39, 0.29) is 5.54 Å². The summed E-state index contributed by atoms with van der Waals surface area (Å²) in [5, 5.41) is 0. The van der Waals surface area contributed by atoms with Gasteiger partial charge in [-0.2, -0.15) is 0 Å². The van der Waals surface area contributed by atoms with Gasteiger partial charge in [0, 0.05) is 12.1 Å². The van der Waals surface area contributed by atoms with E-state index in [4.69, 9.17) is 5.73 Å². The van der Waals surface area contributed by atoms with Crippen molar-refractivity contribution in [1.82, 2.24) is 4.90 Å². The van der Waals surface area contributed by atoms with Gasteiger partial charge >= 0.3 is 0 Å². The number of hydrogen-bond donors (Lipinski definition) is 1. The molecule has 0 radical (unpaired) electrons. The van der Waals surface area contributed by atoms with E-state index in [1.807, 2.05) is 0 Å². The Balaban J connectivity index is 1.84. The molecule has 1 atom stereocenters. The molecule has 0 bridgehead atoms. The highest BCUT2D eigenvalue weighted by Crippen LogP contribution is 2.37. The van der Waals surface area contributed by atoms with Gasteiger partial charge in [0.15, 0.2) is 0 Å². The number of nitrogens with two attached hydrogens (primary N) is 1. The number of likely N-dealkylation sites (tertiary alicyclic amines) is 1. The minimum absolute atomic E-state index is 0.280. The smallest absolute Gasteiger partial charge is 0.0306 e. The summed E-state index contributed by atoms with van der Waals surface area (Å²) in [5.41, 5.74) is 6.40. The van der Waals surface area contributed by atoms with Crippen molar-refractivity contribution < 1.29 is 0 Å². The van der Waals surface area contributed by atoms with E-state index < -0.39 is 0 Å². The Morgan fingerprint density at radius 2 is 1.78 bits per heavy atom. The van der Waals surface area contributed by atoms with Gasteiger partial charge < -0.3 is 5.73 Å². The van der Waals surface area contributed by atoms with Gasteiger partial charge in [0.1, 0.15) is 0 Å². The molecule has 18 heavy (non-hydrogen) atoms. The minimum atomic E-state index is 0.280. The van der Waals surface area contributed by atoms with Crippen LogP contribution in [0.2, 0.25) is 0 Å². The molecule has 1 saturated carbocycles. The second-order valence-electron chi connectivity index (χ2n) is 6.92. The molecular weight excluding hydrogens is 220 g/mol. The number of nitrogens with zero attached hydrogens (tertiary/aromatic N) is 1. The Morgan fingerprint density at radius 1 is 1.11 bits per heavy atom. The molecule has 2 nitrogen and oxygen atoms in total. The van der Waals surface area contributed by atoms with Crippen LogP contribution in [0.25, 0.3) is 0 Å². The summed E-state index contributed by atoms with van der Waals surface area (Å²) >= 11 is 0. The highest BCUT2D eigenvalue weighted by atomic mass is 15.2. The van der Waals surface area contributed by atoms with Crippen molar-refractivity contribution in [2.24, 2.45) is 17.6 Å². The third kappa shape index (κ3) is 3.27. The minimum Gasteiger partial charge on any atom is -0.329 e.